The van der Waals surface area contributed by atoms with Gasteiger partial charge in [0.1, 0.15) is 0 Å². The summed E-state index contributed by atoms with van der Waals surface area (Å²) in [5.41, 5.74) is 3.79. The van der Waals surface area contributed by atoms with Crippen LogP contribution >= 0.6 is 23.1 Å². The number of thioether (sulfide) groups is 1. The number of aromatic nitrogens is 3. The van der Waals surface area contributed by atoms with Crippen LogP contribution in [0.25, 0.3) is 11.4 Å². The molecule has 120 valence electrons. The highest BCUT2D eigenvalue weighted by atomic mass is 32.2. The van der Waals surface area contributed by atoms with Crippen LogP contribution in [0.15, 0.2) is 40.9 Å². The number of aryl methyl sites for hydroxylation is 2. The highest BCUT2D eigenvalue weighted by Crippen LogP contribution is 2.29. The molecule has 5 heteroatoms. The molecule has 3 rings (SSSR count). The summed E-state index contributed by atoms with van der Waals surface area (Å²) in [6.07, 6.45) is 1.08. The first-order chi connectivity index (χ1) is 11.2. The molecular weight excluding hydrogens is 322 g/mol. The van der Waals surface area contributed by atoms with Gasteiger partial charge in [-0.05, 0) is 31.9 Å². The Labute approximate surface area is 145 Å². The molecular formula is C18H21N3S2. The first-order valence-corrected chi connectivity index (χ1v) is 9.71. The topological polar surface area (TPSA) is 30.7 Å². The number of hydrogen-bond acceptors (Lipinski definition) is 4. The summed E-state index contributed by atoms with van der Waals surface area (Å²) >= 11 is 3.52. The minimum absolute atomic E-state index is 0.921. The molecule has 0 aliphatic carbocycles. The van der Waals surface area contributed by atoms with Crippen LogP contribution < -0.4 is 0 Å². The van der Waals surface area contributed by atoms with Gasteiger partial charge in [-0.2, -0.15) is 0 Å². The normalized spacial score (nSPS) is 11.1. The highest BCUT2D eigenvalue weighted by Gasteiger charge is 2.14. The highest BCUT2D eigenvalue weighted by molar-refractivity contribution is 7.98. The third-order valence-corrected chi connectivity index (χ3v) is 5.54. The van der Waals surface area contributed by atoms with Crippen molar-refractivity contribution >= 4 is 23.1 Å². The zero-order valence-electron chi connectivity index (χ0n) is 13.7. The molecule has 0 atom stereocenters. The van der Waals surface area contributed by atoms with Crippen LogP contribution in [-0.4, -0.2) is 14.8 Å². The monoisotopic (exact) mass is 343 g/mol. The number of rotatable bonds is 6. The lowest BCUT2D eigenvalue weighted by Gasteiger charge is -2.08. The van der Waals surface area contributed by atoms with E-state index in [2.05, 4.69) is 71.2 Å². The lowest BCUT2D eigenvalue weighted by molar-refractivity contribution is 0.626. The first-order valence-electron chi connectivity index (χ1n) is 7.84. The number of benzene rings is 1. The van der Waals surface area contributed by atoms with E-state index in [0.717, 1.165) is 29.7 Å². The van der Waals surface area contributed by atoms with Crippen molar-refractivity contribution < 1.29 is 0 Å². The van der Waals surface area contributed by atoms with Gasteiger partial charge in [-0.1, -0.05) is 48.5 Å². The second-order valence-electron chi connectivity index (χ2n) is 5.68. The minimum atomic E-state index is 0.921. The van der Waals surface area contributed by atoms with Crippen molar-refractivity contribution in [1.29, 1.82) is 0 Å². The summed E-state index contributed by atoms with van der Waals surface area (Å²) in [5.74, 6) is 1.91. The fourth-order valence-corrected chi connectivity index (χ4v) is 4.03. The van der Waals surface area contributed by atoms with E-state index in [4.69, 9.17) is 0 Å². The van der Waals surface area contributed by atoms with Crippen LogP contribution in [0.2, 0.25) is 0 Å². The Balaban J connectivity index is 1.81. The molecule has 2 heterocycles. The fraction of sp³-hybridized carbons (Fsp3) is 0.333. The second-order valence-corrected chi connectivity index (χ2v) is 7.74. The zero-order valence-corrected chi connectivity index (χ0v) is 15.4. The summed E-state index contributed by atoms with van der Waals surface area (Å²) in [6, 6.07) is 10.9. The third kappa shape index (κ3) is 3.85. The zero-order chi connectivity index (χ0) is 16.2. The Morgan fingerprint density at radius 2 is 1.91 bits per heavy atom. The predicted molar refractivity (Wildman–Crippen MR) is 99.1 cm³/mol. The Morgan fingerprint density at radius 3 is 2.57 bits per heavy atom. The standard InChI is InChI=1S/C18H21N3S2/c1-4-9-21-17(16-10-14(3)22-12-16)19-20-18(21)23-11-15-7-5-13(2)6-8-15/h5-8,10,12H,4,9,11H2,1-3H3. The van der Waals surface area contributed by atoms with Crippen molar-refractivity contribution in [3.63, 3.8) is 0 Å². The average Bonchev–Trinajstić information content (AvgIpc) is 3.14. The Hall–Kier alpha value is -1.59. The summed E-state index contributed by atoms with van der Waals surface area (Å²) in [6.45, 7) is 7.39. The lowest BCUT2D eigenvalue weighted by Crippen LogP contribution is -2.01. The smallest absolute Gasteiger partial charge is 0.191 e. The van der Waals surface area contributed by atoms with Crippen molar-refractivity contribution in [2.75, 3.05) is 0 Å². The molecule has 0 bridgehead atoms. The summed E-state index contributed by atoms with van der Waals surface area (Å²) in [7, 11) is 0. The molecule has 0 radical (unpaired) electrons. The van der Waals surface area contributed by atoms with E-state index in [9.17, 15) is 0 Å². The molecule has 0 saturated heterocycles. The number of thiophene rings is 1. The summed E-state index contributed by atoms with van der Waals surface area (Å²) < 4.78 is 2.25. The molecule has 0 spiro atoms. The lowest BCUT2D eigenvalue weighted by atomic mass is 10.2. The quantitative estimate of drug-likeness (QED) is 0.567. The van der Waals surface area contributed by atoms with Crippen molar-refractivity contribution in [3.05, 3.63) is 51.7 Å². The molecule has 0 aliphatic heterocycles. The van der Waals surface area contributed by atoms with Crippen LogP contribution in [0.5, 0.6) is 0 Å². The van der Waals surface area contributed by atoms with Gasteiger partial charge in [0.15, 0.2) is 11.0 Å². The molecule has 23 heavy (non-hydrogen) atoms. The van der Waals surface area contributed by atoms with E-state index in [-0.39, 0.29) is 0 Å². The maximum Gasteiger partial charge on any atom is 0.191 e. The van der Waals surface area contributed by atoms with Gasteiger partial charge in [-0.15, -0.1) is 21.5 Å². The predicted octanol–water partition coefficient (Wildman–Crippen LogP) is 5.33. The summed E-state index contributed by atoms with van der Waals surface area (Å²) in [5, 5.41) is 12.0. The van der Waals surface area contributed by atoms with Crippen molar-refractivity contribution in [2.24, 2.45) is 0 Å². The number of hydrogen-bond donors (Lipinski definition) is 0. The summed E-state index contributed by atoms with van der Waals surface area (Å²) in [4.78, 5) is 1.31. The molecule has 1 aromatic carbocycles. The molecule has 0 N–H and O–H groups in total. The van der Waals surface area contributed by atoms with Gasteiger partial charge >= 0.3 is 0 Å². The molecule has 0 saturated carbocycles. The molecule has 0 unspecified atom stereocenters. The Kier molecular flexibility index (Phi) is 5.18. The van der Waals surface area contributed by atoms with Crippen LogP contribution in [-0.2, 0) is 12.3 Å². The fourth-order valence-electron chi connectivity index (χ4n) is 2.43. The third-order valence-electron chi connectivity index (χ3n) is 3.64. The molecule has 0 amide bonds. The van der Waals surface area contributed by atoms with Crippen molar-refractivity contribution in [1.82, 2.24) is 14.8 Å². The van der Waals surface area contributed by atoms with Crippen LogP contribution in [0.4, 0.5) is 0 Å². The van der Waals surface area contributed by atoms with Gasteiger partial charge in [0.2, 0.25) is 0 Å². The number of nitrogens with zero attached hydrogens (tertiary/aromatic N) is 3. The molecule has 0 fully saturated rings. The van der Waals surface area contributed by atoms with Gasteiger partial charge in [0.05, 0.1) is 0 Å². The van der Waals surface area contributed by atoms with Gasteiger partial charge < -0.3 is 4.57 Å². The van der Waals surface area contributed by atoms with Gasteiger partial charge in [0.25, 0.3) is 0 Å². The van der Waals surface area contributed by atoms with Crippen molar-refractivity contribution in [2.45, 2.75) is 44.6 Å². The maximum atomic E-state index is 4.44. The van der Waals surface area contributed by atoms with Crippen LogP contribution in [0.3, 0.4) is 0 Å². The van der Waals surface area contributed by atoms with Crippen LogP contribution in [0, 0.1) is 13.8 Å². The van der Waals surface area contributed by atoms with E-state index in [0.29, 0.717) is 0 Å². The molecule has 3 nitrogen and oxygen atoms in total. The van der Waals surface area contributed by atoms with Gasteiger partial charge in [0, 0.05) is 28.1 Å². The molecule has 3 aromatic rings. The maximum absolute atomic E-state index is 4.44. The Bertz CT molecular complexity index is 772. The van der Waals surface area contributed by atoms with E-state index >= 15 is 0 Å². The van der Waals surface area contributed by atoms with E-state index in [1.54, 1.807) is 23.1 Å². The molecule has 2 aromatic heterocycles. The minimum Gasteiger partial charge on any atom is -0.302 e. The SMILES string of the molecule is CCCn1c(SCc2ccc(C)cc2)nnc1-c1csc(C)c1. The average molecular weight is 344 g/mol. The second kappa shape index (κ2) is 7.32. The van der Waals surface area contributed by atoms with Crippen molar-refractivity contribution in [3.8, 4) is 11.4 Å². The van der Waals surface area contributed by atoms with Gasteiger partial charge in [-0.25, -0.2) is 0 Å². The molecule has 0 aliphatic rings. The van der Waals surface area contributed by atoms with E-state index < -0.39 is 0 Å². The van der Waals surface area contributed by atoms with E-state index in [1.165, 1.54) is 21.6 Å². The largest absolute Gasteiger partial charge is 0.302 e. The van der Waals surface area contributed by atoms with Crippen LogP contribution in [0.1, 0.15) is 29.3 Å². The Morgan fingerprint density at radius 1 is 1.13 bits per heavy atom. The first kappa shape index (κ1) is 16.3. The van der Waals surface area contributed by atoms with Gasteiger partial charge in [-0.3, -0.25) is 0 Å². The van der Waals surface area contributed by atoms with E-state index in [1.807, 2.05) is 0 Å².